The second-order valence-electron chi connectivity index (χ2n) is 3.87. The van der Waals surface area contributed by atoms with Gasteiger partial charge in [-0.25, -0.2) is 0 Å². The van der Waals surface area contributed by atoms with Gasteiger partial charge in [0, 0.05) is 0 Å². The van der Waals surface area contributed by atoms with Crippen LogP contribution in [0, 0.1) is 0 Å². The van der Waals surface area contributed by atoms with Crippen LogP contribution in [0.2, 0.25) is 0 Å². The predicted molar refractivity (Wildman–Crippen MR) is 58.5 cm³/mol. The Kier molecular flexibility index (Phi) is 3.72. The van der Waals surface area contributed by atoms with Crippen molar-refractivity contribution >= 4 is 0 Å². The van der Waals surface area contributed by atoms with Crippen molar-refractivity contribution in [3.05, 3.63) is 35.9 Å². The fraction of sp³-hybridized carbons (Fsp3) is 0.500. The highest BCUT2D eigenvalue weighted by molar-refractivity contribution is 5.13. The number of aliphatic hydroxyl groups is 1. The molecule has 3 heteroatoms. The van der Waals surface area contributed by atoms with Crippen LogP contribution in [0.5, 0.6) is 0 Å². The average molecular weight is 207 g/mol. The number of rotatable bonds is 4. The lowest BCUT2D eigenvalue weighted by Gasteiger charge is -2.17. The zero-order valence-electron chi connectivity index (χ0n) is 8.73. The van der Waals surface area contributed by atoms with E-state index in [4.69, 9.17) is 9.84 Å². The van der Waals surface area contributed by atoms with E-state index in [-0.39, 0.29) is 18.8 Å². The Labute approximate surface area is 90.1 Å². The summed E-state index contributed by atoms with van der Waals surface area (Å²) in [6, 6.07) is 10.2. The fourth-order valence-corrected chi connectivity index (χ4v) is 1.90. The quantitative estimate of drug-likeness (QED) is 0.771. The molecule has 3 nitrogen and oxygen atoms in total. The summed E-state index contributed by atoms with van der Waals surface area (Å²) in [5, 5.41) is 12.3. The summed E-state index contributed by atoms with van der Waals surface area (Å²) in [7, 11) is 0. The van der Waals surface area contributed by atoms with Gasteiger partial charge in [-0.15, -0.1) is 0 Å². The molecule has 0 saturated carbocycles. The monoisotopic (exact) mass is 207 g/mol. The summed E-state index contributed by atoms with van der Waals surface area (Å²) >= 11 is 0. The first kappa shape index (κ1) is 10.6. The zero-order valence-corrected chi connectivity index (χ0v) is 8.73. The van der Waals surface area contributed by atoms with Crippen molar-refractivity contribution in [3.63, 3.8) is 0 Å². The Morgan fingerprint density at radius 1 is 1.33 bits per heavy atom. The topological polar surface area (TPSA) is 41.5 Å². The summed E-state index contributed by atoms with van der Waals surface area (Å²) in [4.78, 5) is 0. The molecule has 0 spiro atoms. The molecule has 0 unspecified atom stereocenters. The molecule has 2 rings (SSSR count). The normalized spacial score (nSPS) is 25.7. The van der Waals surface area contributed by atoms with E-state index in [1.165, 1.54) is 5.56 Å². The highest BCUT2D eigenvalue weighted by Gasteiger charge is 2.26. The van der Waals surface area contributed by atoms with Crippen LogP contribution in [0.1, 0.15) is 12.0 Å². The van der Waals surface area contributed by atoms with Gasteiger partial charge in [-0.1, -0.05) is 30.3 Å². The minimum Gasteiger partial charge on any atom is -0.395 e. The number of hydrogen-bond acceptors (Lipinski definition) is 3. The maximum atomic E-state index is 9.09. The van der Waals surface area contributed by atoms with Crippen molar-refractivity contribution in [2.75, 3.05) is 13.2 Å². The van der Waals surface area contributed by atoms with Crippen molar-refractivity contribution < 1.29 is 9.84 Å². The molecule has 1 fully saturated rings. The number of aliphatic hydroxyl groups excluding tert-OH is 1. The smallest absolute Gasteiger partial charge is 0.0767 e. The van der Waals surface area contributed by atoms with Gasteiger partial charge in [0.15, 0.2) is 0 Å². The van der Waals surface area contributed by atoms with Crippen LogP contribution in [0.25, 0.3) is 0 Å². The van der Waals surface area contributed by atoms with E-state index >= 15 is 0 Å². The van der Waals surface area contributed by atoms with Gasteiger partial charge in [0.1, 0.15) is 0 Å². The number of benzene rings is 1. The van der Waals surface area contributed by atoms with Crippen LogP contribution in [-0.4, -0.2) is 30.4 Å². The molecule has 15 heavy (non-hydrogen) atoms. The van der Waals surface area contributed by atoms with Gasteiger partial charge < -0.3 is 15.2 Å². The Balaban J connectivity index is 1.83. The number of nitrogens with one attached hydrogen (secondary N) is 1. The van der Waals surface area contributed by atoms with Gasteiger partial charge in [0.05, 0.1) is 25.4 Å². The fourth-order valence-electron chi connectivity index (χ4n) is 1.90. The van der Waals surface area contributed by atoms with Gasteiger partial charge in [-0.3, -0.25) is 0 Å². The Morgan fingerprint density at radius 2 is 2.13 bits per heavy atom. The Hall–Kier alpha value is -0.900. The molecule has 82 valence electrons. The highest BCUT2D eigenvalue weighted by Crippen LogP contribution is 2.13. The maximum absolute atomic E-state index is 9.09. The molecule has 1 aromatic rings. The Morgan fingerprint density at radius 3 is 2.87 bits per heavy atom. The lowest BCUT2D eigenvalue weighted by atomic mass is 10.2. The van der Waals surface area contributed by atoms with E-state index in [1.807, 2.05) is 18.2 Å². The average Bonchev–Trinajstić information content (AvgIpc) is 2.75. The summed E-state index contributed by atoms with van der Waals surface area (Å²) < 4.78 is 5.77. The van der Waals surface area contributed by atoms with Crippen molar-refractivity contribution in [3.8, 4) is 0 Å². The number of hydrogen-bond donors (Lipinski definition) is 2. The molecule has 1 aliphatic heterocycles. The second kappa shape index (κ2) is 5.26. The van der Waals surface area contributed by atoms with Gasteiger partial charge in [-0.05, 0) is 18.5 Å². The van der Waals surface area contributed by atoms with E-state index < -0.39 is 0 Å². The molecule has 2 N–H and O–H groups in total. The van der Waals surface area contributed by atoms with E-state index in [0.717, 1.165) is 13.0 Å². The summed E-state index contributed by atoms with van der Waals surface area (Å²) in [5.74, 6) is 0. The van der Waals surface area contributed by atoms with Gasteiger partial charge >= 0.3 is 0 Å². The first-order valence-electron chi connectivity index (χ1n) is 5.40. The summed E-state index contributed by atoms with van der Waals surface area (Å²) in [6.07, 6.45) is 1.13. The molecule has 1 aliphatic rings. The third-order valence-corrected chi connectivity index (χ3v) is 2.79. The van der Waals surface area contributed by atoms with Crippen LogP contribution >= 0.6 is 0 Å². The van der Waals surface area contributed by atoms with Crippen molar-refractivity contribution in [1.29, 1.82) is 0 Å². The molecule has 0 aromatic heterocycles. The molecule has 0 aliphatic carbocycles. The lowest BCUT2D eigenvalue weighted by molar-refractivity contribution is 0.0199. The largest absolute Gasteiger partial charge is 0.395 e. The van der Waals surface area contributed by atoms with E-state index in [1.54, 1.807) is 0 Å². The first-order valence-corrected chi connectivity index (χ1v) is 5.40. The highest BCUT2D eigenvalue weighted by atomic mass is 16.5. The van der Waals surface area contributed by atoms with Crippen LogP contribution < -0.4 is 5.32 Å². The molecule has 0 radical (unpaired) electrons. The molecule has 1 saturated heterocycles. The minimum absolute atomic E-state index is 0.105. The van der Waals surface area contributed by atoms with Gasteiger partial charge in [-0.2, -0.15) is 0 Å². The van der Waals surface area contributed by atoms with Crippen LogP contribution in [0.15, 0.2) is 30.3 Å². The molecule has 0 amide bonds. The molecule has 2 atom stereocenters. The molecular formula is C12H17NO2. The predicted octanol–water partition coefficient (Wildman–Crippen LogP) is 0.926. The molecule has 1 heterocycles. The number of ether oxygens (including phenoxy) is 1. The van der Waals surface area contributed by atoms with Gasteiger partial charge in [0.2, 0.25) is 0 Å². The second-order valence-corrected chi connectivity index (χ2v) is 3.87. The van der Waals surface area contributed by atoms with Crippen molar-refractivity contribution in [2.24, 2.45) is 0 Å². The van der Waals surface area contributed by atoms with Crippen molar-refractivity contribution in [1.82, 2.24) is 5.32 Å². The zero-order chi connectivity index (χ0) is 10.5. The van der Waals surface area contributed by atoms with Crippen LogP contribution in [0.4, 0.5) is 0 Å². The lowest BCUT2D eigenvalue weighted by Crippen LogP contribution is -2.35. The van der Waals surface area contributed by atoms with E-state index in [9.17, 15) is 0 Å². The van der Waals surface area contributed by atoms with Crippen molar-refractivity contribution in [2.45, 2.75) is 25.2 Å². The van der Waals surface area contributed by atoms with Gasteiger partial charge in [0.25, 0.3) is 0 Å². The molecule has 0 bridgehead atoms. The molecular weight excluding hydrogens is 190 g/mol. The first-order chi connectivity index (χ1) is 7.40. The van der Waals surface area contributed by atoms with Crippen LogP contribution in [-0.2, 0) is 11.3 Å². The maximum Gasteiger partial charge on any atom is 0.0767 e. The summed E-state index contributed by atoms with van der Waals surface area (Å²) in [5.41, 5.74) is 1.18. The van der Waals surface area contributed by atoms with E-state index in [0.29, 0.717) is 6.61 Å². The minimum atomic E-state index is 0.105. The summed E-state index contributed by atoms with van der Waals surface area (Å²) in [6.45, 7) is 1.72. The Bertz CT molecular complexity index is 289. The molecule has 1 aromatic carbocycles. The third kappa shape index (κ3) is 2.78. The van der Waals surface area contributed by atoms with E-state index in [2.05, 4.69) is 17.4 Å². The SMILES string of the molecule is OC[C@@H]1NCC[C@H]1OCc1ccccc1. The standard InChI is InChI=1S/C12H17NO2/c14-8-11-12(6-7-13-11)15-9-10-4-2-1-3-5-10/h1-5,11-14H,6-9H2/t11-,12+/m0/s1. The van der Waals surface area contributed by atoms with Crippen LogP contribution in [0.3, 0.4) is 0 Å². The third-order valence-electron chi connectivity index (χ3n) is 2.79.